The van der Waals surface area contributed by atoms with Crippen LogP contribution in [0.5, 0.6) is 0 Å². The molecule has 5 nitrogen and oxygen atoms in total. The molecule has 0 atom stereocenters. The fourth-order valence-corrected chi connectivity index (χ4v) is 3.60. The molecule has 0 aliphatic rings. The van der Waals surface area contributed by atoms with Crippen molar-refractivity contribution in [1.29, 1.82) is 0 Å². The number of aromatic nitrogens is 1. The van der Waals surface area contributed by atoms with E-state index in [4.69, 9.17) is 0 Å². The minimum Gasteiger partial charge on any atom is -0.274 e. The molecule has 0 fully saturated rings. The van der Waals surface area contributed by atoms with E-state index in [1.807, 2.05) is 42.5 Å². The molecule has 0 aliphatic heterocycles. The van der Waals surface area contributed by atoms with Gasteiger partial charge in [-0.3, -0.25) is 9.78 Å². The maximum atomic E-state index is 12.5. The van der Waals surface area contributed by atoms with Gasteiger partial charge in [-0.15, -0.1) is 0 Å². The monoisotopic (exact) mass is 366 g/mol. The molecule has 0 spiro atoms. The number of sulfonamides is 1. The third-order valence-electron chi connectivity index (χ3n) is 3.86. The molecule has 1 heterocycles. The van der Waals surface area contributed by atoms with E-state index >= 15 is 0 Å². The Labute approximate surface area is 152 Å². The standard InChI is InChI=1S/C20H18N2O3S/c23-20(12-11-16-6-5-13-21-15-16)22-26(24,25)19-10-4-9-18(14-19)17-7-2-1-3-8-17/h1-10,13-15H,11-12H2,(H,22,23). The smallest absolute Gasteiger partial charge is 0.264 e. The van der Waals surface area contributed by atoms with Crippen LogP contribution in [0.4, 0.5) is 0 Å². The summed E-state index contributed by atoms with van der Waals surface area (Å²) in [6.45, 7) is 0. The van der Waals surface area contributed by atoms with E-state index in [0.717, 1.165) is 16.7 Å². The van der Waals surface area contributed by atoms with Crippen molar-refractivity contribution in [3.63, 3.8) is 0 Å². The quantitative estimate of drug-likeness (QED) is 0.727. The summed E-state index contributed by atoms with van der Waals surface area (Å²) in [5, 5.41) is 0. The van der Waals surface area contributed by atoms with Gasteiger partial charge in [-0.25, -0.2) is 13.1 Å². The topological polar surface area (TPSA) is 76.1 Å². The van der Waals surface area contributed by atoms with E-state index in [0.29, 0.717) is 6.42 Å². The highest BCUT2D eigenvalue weighted by molar-refractivity contribution is 7.90. The van der Waals surface area contributed by atoms with Gasteiger partial charge in [-0.05, 0) is 41.3 Å². The summed E-state index contributed by atoms with van der Waals surface area (Å²) in [5.74, 6) is -0.543. The number of pyridine rings is 1. The minimum atomic E-state index is -3.91. The van der Waals surface area contributed by atoms with Gasteiger partial charge in [0, 0.05) is 18.8 Å². The van der Waals surface area contributed by atoms with Crippen LogP contribution in [0.2, 0.25) is 0 Å². The Bertz CT molecular complexity index is 988. The summed E-state index contributed by atoms with van der Waals surface area (Å²) in [6.07, 6.45) is 3.81. The van der Waals surface area contributed by atoms with Crippen molar-refractivity contribution in [3.05, 3.63) is 84.7 Å². The first kappa shape index (κ1) is 17.8. The van der Waals surface area contributed by atoms with Crippen LogP contribution in [0.3, 0.4) is 0 Å². The second-order valence-corrected chi connectivity index (χ2v) is 7.47. The van der Waals surface area contributed by atoms with Gasteiger partial charge in [0.05, 0.1) is 4.90 Å². The summed E-state index contributed by atoms with van der Waals surface area (Å²) in [7, 11) is -3.91. The fourth-order valence-electron chi connectivity index (χ4n) is 2.54. The molecule has 0 unspecified atom stereocenters. The second kappa shape index (κ2) is 7.93. The van der Waals surface area contributed by atoms with E-state index < -0.39 is 15.9 Å². The number of amides is 1. The predicted molar refractivity (Wildman–Crippen MR) is 99.8 cm³/mol. The molecule has 1 amide bonds. The van der Waals surface area contributed by atoms with Gasteiger partial charge in [0.25, 0.3) is 10.0 Å². The molecule has 132 valence electrons. The van der Waals surface area contributed by atoms with Crippen LogP contribution in [0, 0.1) is 0 Å². The molecule has 0 aliphatic carbocycles. The molecule has 1 aromatic heterocycles. The lowest BCUT2D eigenvalue weighted by molar-refractivity contribution is -0.119. The number of hydrogen-bond donors (Lipinski definition) is 1. The SMILES string of the molecule is O=C(CCc1cccnc1)NS(=O)(=O)c1cccc(-c2ccccc2)c1. The molecule has 1 N–H and O–H groups in total. The lowest BCUT2D eigenvalue weighted by Gasteiger charge is -2.09. The van der Waals surface area contributed by atoms with Crippen molar-refractivity contribution >= 4 is 15.9 Å². The molecule has 6 heteroatoms. The number of rotatable bonds is 6. The van der Waals surface area contributed by atoms with Crippen molar-refractivity contribution < 1.29 is 13.2 Å². The average molecular weight is 366 g/mol. The third kappa shape index (κ3) is 4.55. The van der Waals surface area contributed by atoms with Crippen LogP contribution in [-0.4, -0.2) is 19.3 Å². The molecule has 3 aromatic rings. The Morgan fingerprint density at radius 2 is 1.69 bits per heavy atom. The Morgan fingerprint density at radius 3 is 2.42 bits per heavy atom. The third-order valence-corrected chi connectivity index (χ3v) is 5.23. The lowest BCUT2D eigenvalue weighted by Crippen LogP contribution is -2.30. The number of aryl methyl sites for hydroxylation is 1. The summed E-state index contributed by atoms with van der Waals surface area (Å²) < 4.78 is 27.1. The first-order chi connectivity index (χ1) is 12.5. The normalized spacial score (nSPS) is 11.1. The Balaban J connectivity index is 1.71. The van der Waals surface area contributed by atoms with Crippen molar-refractivity contribution in [1.82, 2.24) is 9.71 Å². The Hall–Kier alpha value is -2.99. The van der Waals surface area contributed by atoms with Crippen LogP contribution >= 0.6 is 0 Å². The zero-order valence-corrected chi connectivity index (χ0v) is 14.8. The van der Waals surface area contributed by atoms with Crippen molar-refractivity contribution in [3.8, 4) is 11.1 Å². The van der Waals surface area contributed by atoms with Crippen LogP contribution in [0.15, 0.2) is 84.0 Å². The molecular weight excluding hydrogens is 348 g/mol. The number of benzene rings is 2. The van der Waals surface area contributed by atoms with Gasteiger partial charge in [0.15, 0.2) is 0 Å². The zero-order valence-electron chi connectivity index (χ0n) is 14.0. The molecule has 3 rings (SSSR count). The van der Waals surface area contributed by atoms with Crippen molar-refractivity contribution in [2.45, 2.75) is 17.7 Å². The number of nitrogens with zero attached hydrogens (tertiary/aromatic N) is 1. The van der Waals surface area contributed by atoms with Gasteiger partial charge in [0.2, 0.25) is 5.91 Å². The van der Waals surface area contributed by atoms with Crippen molar-refractivity contribution in [2.24, 2.45) is 0 Å². The van der Waals surface area contributed by atoms with E-state index in [1.54, 1.807) is 30.6 Å². The van der Waals surface area contributed by atoms with Gasteiger partial charge >= 0.3 is 0 Å². The largest absolute Gasteiger partial charge is 0.274 e. The zero-order chi connectivity index (χ0) is 18.4. The number of carbonyl (C=O) groups is 1. The van der Waals surface area contributed by atoms with Crippen LogP contribution < -0.4 is 4.72 Å². The maximum Gasteiger partial charge on any atom is 0.264 e. The number of nitrogens with one attached hydrogen (secondary N) is 1. The predicted octanol–water partition coefficient (Wildman–Crippen LogP) is 3.19. The first-order valence-electron chi connectivity index (χ1n) is 8.15. The molecule has 0 saturated heterocycles. The Morgan fingerprint density at radius 1 is 0.923 bits per heavy atom. The van der Waals surface area contributed by atoms with Gasteiger partial charge in [0.1, 0.15) is 0 Å². The first-order valence-corrected chi connectivity index (χ1v) is 9.63. The average Bonchev–Trinajstić information content (AvgIpc) is 2.68. The van der Waals surface area contributed by atoms with Gasteiger partial charge in [-0.1, -0.05) is 48.5 Å². The molecule has 26 heavy (non-hydrogen) atoms. The second-order valence-electron chi connectivity index (χ2n) is 5.78. The van der Waals surface area contributed by atoms with E-state index in [1.165, 1.54) is 6.07 Å². The number of carbonyl (C=O) groups excluding carboxylic acids is 1. The highest BCUT2D eigenvalue weighted by Gasteiger charge is 2.18. The van der Waals surface area contributed by atoms with E-state index in [-0.39, 0.29) is 11.3 Å². The van der Waals surface area contributed by atoms with Crippen LogP contribution in [0.25, 0.3) is 11.1 Å². The summed E-state index contributed by atoms with van der Waals surface area (Å²) in [4.78, 5) is 16.1. The number of hydrogen-bond acceptors (Lipinski definition) is 4. The molecule has 0 radical (unpaired) electrons. The van der Waals surface area contributed by atoms with Crippen LogP contribution in [-0.2, 0) is 21.2 Å². The Kier molecular flexibility index (Phi) is 5.43. The van der Waals surface area contributed by atoms with E-state index in [9.17, 15) is 13.2 Å². The summed E-state index contributed by atoms with van der Waals surface area (Å²) in [5.41, 5.74) is 2.56. The van der Waals surface area contributed by atoms with Gasteiger partial charge < -0.3 is 0 Å². The van der Waals surface area contributed by atoms with Gasteiger partial charge in [-0.2, -0.15) is 0 Å². The van der Waals surface area contributed by atoms with Crippen molar-refractivity contribution in [2.75, 3.05) is 0 Å². The molecule has 0 saturated carbocycles. The molecule has 0 bridgehead atoms. The van der Waals surface area contributed by atoms with E-state index in [2.05, 4.69) is 9.71 Å². The minimum absolute atomic E-state index is 0.0635. The maximum absolute atomic E-state index is 12.5. The summed E-state index contributed by atoms with van der Waals surface area (Å²) >= 11 is 0. The van der Waals surface area contributed by atoms with Crippen LogP contribution in [0.1, 0.15) is 12.0 Å². The highest BCUT2D eigenvalue weighted by atomic mass is 32.2. The lowest BCUT2D eigenvalue weighted by atomic mass is 10.1. The summed E-state index contributed by atoms with van der Waals surface area (Å²) in [6, 6.07) is 19.6. The highest BCUT2D eigenvalue weighted by Crippen LogP contribution is 2.22. The molecule has 2 aromatic carbocycles. The molecular formula is C20H18N2O3S. The fraction of sp³-hybridized carbons (Fsp3) is 0.100.